The van der Waals surface area contributed by atoms with Gasteiger partial charge in [0.15, 0.2) is 5.78 Å². The van der Waals surface area contributed by atoms with E-state index in [1.165, 1.54) is 18.6 Å². The minimum atomic E-state index is -0.490. The molecular formula is C16H21ClFNO. The minimum Gasteiger partial charge on any atom is -0.297 e. The molecule has 1 aromatic carbocycles. The smallest absolute Gasteiger partial charge is 0.156 e. The lowest BCUT2D eigenvalue weighted by atomic mass is 9.90. The number of carbonyl (C=O) groups excluding carboxylic acids is 1. The first-order chi connectivity index (χ1) is 9.41. The van der Waals surface area contributed by atoms with Crippen molar-refractivity contribution >= 4 is 17.4 Å². The molecule has 1 aliphatic heterocycles. The van der Waals surface area contributed by atoms with Crippen molar-refractivity contribution < 1.29 is 9.18 Å². The molecule has 0 spiro atoms. The number of ketones is 1. The molecule has 0 saturated carbocycles. The van der Waals surface area contributed by atoms with Gasteiger partial charge in [-0.1, -0.05) is 24.1 Å². The van der Waals surface area contributed by atoms with Crippen LogP contribution in [0, 0.1) is 5.82 Å². The molecule has 1 aliphatic rings. The average molecular weight is 298 g/mol. The first-order valence-corrected chi connectivity index (χ1v) is 7.51. The maximum Gasteiger partial charge on any atom is 0.156 e. The molecular weight excluding hydrogens is 277 g/mol. The maximum absolute atomic E-state index is 13.4. The van der Waals surface area contributed by atoms with Gasteiger partial charge in [0, 0.05) is 6.42 Å². The van der Waals surface area contributed by atoms with E-state index in [-0.39, 0.29) is 17.2 Å². The number of nitrogens with zero attached hydrogens (tertiary/aromatic N) is 1. The van der Waals surface area contributed by atoms with Crippen LogP contribution in [0.15, 0.2) is 18.2 Å². The minimum absolute atomic E-state index is 0.0940. The summed E-state index contributed by atoms with van der Waals surface area (Å²) in [6.45, 7) is 5.86. The summed E-state index contributed by atoms with van der Waals surface area (Å²) in [5, 5.41) is 0.0940. The molecule has 1 fully saturated rings. The molecule has 1 saturated heterocycles. The standard InChI is InChI=1S/C16H21ClFNO/c1-16(2,19-8-4-3-5-9-19)15(20)11-12-6-7-13(17)14(18)10-12/h6-7,10H,3-5,8-9,11H2,1-2H3. The Morgan fingerprint density at radius 3 is 2.55 bits per heavy atom. The van der Waals surface area contributed by atoms with Gasteiger partial charge in [-0.15, -0.1) is 0 Å². The van der Waals surface area contributed by atoms with Crippen LogP contribution in [0.1, 0.15) is 38.7 Å². The van der Waals surface area contributed by atoms with Crippen LogP contribution in [-0.4, -0.2) is 29.3 Å². The van der Waals surface area contributed by atoms with Crippen LogP contribution >= 0.6 is 11.6 Å². The maximum atomic E-state index is 13.4. The molecule has 110 valence electrons. The lowest BCUT2D eigenvalue weighted by Crippen LogP contribution is -2.52. The normalized spacial score (nSPS) is 17.2. The second kappa shape index (κ2) is 6.23. The molecule has 2 nitrogen and oxygen atoms in total. The molecule has 0 radical (unpaired) electrons. The highest BCUT2D eigenvalue weighted by molar-refractivity contribution is 6.30. The average Bonchev–Trinajstić information content (AvgIpc) is 2.44. The summed E-state index contributed by atoms with van der Waals surface area (Å²) in [6, 6.07) is 4.58. The van der Waals surface area contributed by atoms with Crippen LogP contribution in [0.5, 0.6) is 0 Å². The number of carbonyl (C=O) groups is 1. The Morgan fingerprint density at radius 2 is 1.95 bits per heavy atom. The predicted molar refractivity (Wildman–Crippen MR) is 79.6 cm³/mol. The molecule has 0 bridgehead atoms. The Labute approximate surface area is 124 Å². The molecule has 0 aromatic heterocycles. The van der Waals surface area contributed by atoms with Crippen LogP contribution in [0.2, 0.25) is 5.02 Å². The van der Waals surface area contributed by atoms with Gasteiger partial charge < -0.3 is 0 Å². The van der Waals surface area contributed by atoms with Crippen molar-refractivity contribution in [3.05, 3.63) is 34.6 Å². The summed E-state index contributed by atoms with van der Waals surface area (Å²) >= 11 is 5.66. The lowest BCUT2D eigenvalue weighted by Gasteiger charge is -2.39. The van der Waals surface area contributed by atoms with Crippen molar-refractivity contribution in [3.63, 3.8) is 0 Å². The highest BCUT2D eigenvalue weighted by Gasteiger charge is 2.34. The van der Waals surface area contributed by atoms with Crippen molar-refractivity contribution in [2.24, 2.45) is 0 Å². The third-order valence-corrected chi connectivity index (χ3v) is 4.48. The summed E-state index contributed by atoms with van der Waals surface area (Å²) in [5.74, 6) is -0.339. The zero-order valence-electron chi connectivity index (χ0n) is 12.1. The second-order valence-electron chi connectivity index (χ2n) is 5.96. The molecule has 0 atom stereocenters. The fourth-order valence-corrected chi connectivity index (χ4v) is 2.80. The summed E-state index contributed by atoms with van der Waals surface area (Å²) < 4.78 is 13.4. The monoisotopic (exact) mass is 297 g/mol. The first-order valence-electron chi connectivity index (χ1n) is 7.13. The topological polar surface area (TPSA) is 20.3 Å². The highest BCUT2D eigenvalue weighted by atomic mass is 35.5. The van der Waals surface area contributed by atoms with Gasteiger partial charge >= 0.3 is 0 Å². The van der Waals surface area contributed by atoms with E-state index in [1.807, 2.05) is 13.8 Å². The van der Waals surface area contributed by atoms with Gasteiger partial charge in [0.1, 0.15) is 5.82 Å². The van der Waals surface area contributed by atoms with E-state index in [2.05, 4.69) is 4.90 Å². The number of rotatable bonds is 4. The Balaban J connectivity index is 2.07. The van der Waals surface area contributed by atoms with Crippen LogP contribution in [0.4, 0.5) is 4.39 Å². The van der Waals surface area contributed by atoms with E-state index in [4.69, 9.17) is 11.6 Å². The third kappa shape index (κ3) is 3.39. The van der Waals surface area contributed by atoms with Gasteiger partial charge in [-0.05, 0) is 57.5 Å². The van der Waals surface area contributed by atoms with Gasteiger partial charge in [-0.2, -0.15) is 0 Å². The number of likely N-dealkylation sites (tertiary alicyclic amines) is 1. The van der Waals surface area contributed by atoms with Gasteiger partial charge in [0.25, 0.3) is 0 Å². The highest BCUT2D eigenvalue weighted by Crippen LogP contribution is 2.24. The van der Waals surface area contributed by atoms with E-state index in [0.717, 1.165) is 25.9 Å². The van der Waals surface area contributed by atoms with Crippen molar-refractivity contribution in [1.82, 2.24) is 4.90 Å². The molecule has 0 aliphatic carbocycles. The number of halogens is 2. The SMILES string of the molecule is CC(C)(C(=O)Cc1ccc(Cl)c(F)c1)N1CCCCC1. The number of piperidine rings is 1. The zero-order valence-corrected chi connectivity index (χ0v) is 12.8. The van der Waals surface area contributed by atoms with Crippen LogP contribution in [-0.2, 0) is 11.2 Å². The molecule has 20 heavy (non-hydrogen) atoms. The van der Waals surface area contributed by atoms with E-state index >= 15 is 0 Å². The van der Waals surface area contributed by atoms with Gasteiger partial charge in [-0.3, -0.25) is 9.69 Å². The number of Topliss-reactive ketones (excluding diaryl/α,β-unsaturated/α-hetero) is 1. The summed E-state index contributed by atoms with van der Waals surface area (Å²) in [5.41, 5.74) is 0.193. The zero-order chi connectivity index (χ0) is 14.8. The van der Waals surface area contributed by atoms with E-state index < -0.39 is 11.4 Å². The molecule has 0 unspecified atom stereocenters. The predicted octanol–water partition coefficient (Wildman–Crippen LogP) is 3.86. The van der Waals surface area contributed by atoms with Gasteiger partial charge in [0.05, 0.1) is 10.6 Å². The first kappa shape index (κ1) is 15.5. The van der Waals surface area contributed by atoms with Gasteiger partial charge in [0.2, 0.25) is 0 Å². The largest absolute Gasteiger partial charge is 0.297 e. The Kier molecular flexibility index (Phi) is 4.82. The fourth-order valence-electron chi connectivity index (χ4n) is 2.68. The van der Waals surface area contributed by atoms with Crippen molar-refractivity contribution in [2.75, 3.05) is 13.1 Å². The third-order valence-electron chi connectivity index (χ3n) is 4.18. The molecule has 0 amide bonds. The van der Waals surface area contributed by atoms with Crippen molar-refractivity contribution in [1.29, 1.82) is 0 Å². The number of hydrogen-bond donors (Lipinski definition) is 0. The Bertz CT molecular complexity index is 495. The Hall–Kier alpha value is -0.930. The van der Waals surface area contributed by atoms with Crippen LogP contribution in [0.3, 0.4) is 0 Å². The Morgan fingerprint density at radius 1 is 1.30 bits per heavy atom. The second-order valence-corrected chi connectivity index (χ2v) is 6.36. The van der Waals surface area contributed by atoms with E-state index in [9.17, 15) is 9.18 Å². The molecule has 0 N–H and O–H groups in total. The van der Waals surface area contributed by atoms with Crippen LogP contribution < -0.4 is 0 Å². The quantitative estimate of drug-likeness (QED) is 0.841. The van der Waals surface area contributed by atoms with Crippen molar-refractivity contribution in [3.8, 4) is 0 Å². The number of benzene rings is 1. The summed E-state index contributed by atoms with van der Waals surface area (Å²) in [4.78, 5) is 14.8. The molecule has 1 heterocycles. The van der Waals surface area contributed by atoms with E-state index in [0.29, 0.717) is 5.56 Å². The summed E-state index contributed by atoms with van der Waals surface area (Å²) in [6.07, 6.45) is 3.78. The van der Waals surface area contributed by atoms with Crippen molar-refractivity contribution in [2.45, 2.75) is 45.1 Å². The number of hydrogen-bond acceptors (Lipinski definition) is 2. The molecule has 1 aromatic rings. The van der Waals surface area contributed by atoms with E-state index in [1.54, 1.807) is 6.07 Å². The van der Waals surface area contributed by atoms with Crippen LogP contribution in [0.25, 0.3) is 0 Å². The molecule has 2 rings (SSSR count). The van der Waals surface area contributed by atoms with Gasteiger partial charge in [-0.25, -0.2) is 4.39 Å². The fraction of sp³-hybridized carbons (Fsp3) is 0.562. The lowest BCUT2D eigenvalue weighted by molar-refractivity contribution is -0.129. The molecule has 4 heteroatoms. The summed E-state index contributed by atoms with van der Waals surface area (Å²) in [7, 11) is 0.